The lowest BCUT2D eigenvalue weighted by Gasteiger charge is -2.26. The summed E-state index contributed by atoms with van der Waals surface area (Å²) in [7, 11) is 0. The van der Waals surface area contributed by atoms with Crippen LogP contribution in [-0.2, 0) is 9.59 Å². The molecule has 1 aliphatic carbocycles. The third-order valence-corrected chi connectivity index (χ3v) is 3.87. The second kappa shape index (κ2) is 5.29. The van der Waals surface area contributed by atoms with Crippen LogP contribution >= 0.6 is 0 Å². The van der Waals surface area contributed by atoms with Gasteiger partial charge in [-0.1, -0.05) is 6.92 Å². The van der Waals surface area contributed by atoms with Crippen LogP contribution in [0.3, 0.4) is 0 Å². The molecule has 102 valence electrons. The third-order valence-electron chi connectivity index (χ3n) is 3.87. The summed E-state index contributed by atoms with van der Waals surface area (Å²) in [6, 6.07) is 0.663. The van der Waals surface area contributed by atoms with Gasteiger partial charge in [0.1, 0.15) is 0 Å². The summed E-state index contributed by atoms with van der Waals surface area (Å²) in [4.78, 5) is 28.2. The van der Waals surface area contributed by atoms with E-state index in [0.717, 1.165) is 25.8 Å². The molecule has 1 aliphatic heterocycles. The Labute approximate surface area is 109 Å². The van der Waals surface area contributed by atoms with E-state index >= 15 is 0 Å². The Balaban J connectivity index is 1.98. The number of hydrogen-bond acceptors (Lipinski definition) is 2. The van der Waals surface area contributed by atoms with Gasteiger partial charge in [0.15, 0.2) is 0 Å². The Morgan fingerprint density at radius 2 is 2.11 bits per heavy atom. The lowest BCUT2D eigenvalue weighted by molar-refractivity contribution is -0.136. The minimum Gasteiger partial charge on any atom is -0.339 e. The van der Waals surface area contributed by atoms with Crippen LogP contribution in [0.1, 0.15) is 46.5 Å². The molecule has 2 aliphatic rings. The van der Waals surface area contributed by atoms with E-state index in [1.54, 1.807) is 0 Å². The van der Waals surface area contributed by atoms with Gasteiger partial charge in [-0.15, -0.1) is 0 Å². The van der Waals surface area contributed by atoms with E-state index in [1.165, 1.54) is 0 Å². The zero-order valence-electron chi connectivity index (χ0n) is 11.7. The largest absolute Gasteiger partial charge is 0.339 e. The molecule has 0 spiro atoms. The minimum absolute atomic E-state index is 0.105. The highest BCUT2D eigenvalue weighted by atomic mass is 16.2. The molecule has 0 radical (unpaired) electrons. The first kappa shape index (κ1) is 13.4. The summed E-state index contributed by atoms with van der Waals surface area (Å²) >= 11 is 0. The molecule has 2 rings (SSSR count). The lowest BCUT2D eigenvalue weighted by Crippen LogP contribution is -2.40. The molecule has 2 amide bonds. The van der Waals surface area contributed by atoms with Crippen LogP contribution in [-0.4, -0.2) is 46.8 Å². The maximum absolute atomic E-state index is 12.5. The van der Waals surface area contributed by atoms with Gasteiger partial charge in [0.25, 0.3) is 0 Å². The quantitative estimate of drug-likeness (QED) is 0.746. The van der Waals surface area contributed by atoms with E-state index in [0.29, 0.717) is 19.0 Å². The number of carbonyl (C=O) groups excluding carboxylic acids is 2. The predicted molar refractivity (Wildman–Crippen MR) is 70.0 cm³/mol. The summed E-state index contributed by atoms with van der Waals surface area (Å²) < 4.78 is 0. The van der Waals surface area contributed by atoms with Gasteiger partial charge >= 0.3 is 0 Å². The Hall–Kier alpha value is -1.06. The Bertz CT molecular complexity index is 337. The van der Waals surface area contributed by atoms with E-state index < -0.39 is 0 Å². The minimum atomic E-state index is -0.105. The van der Waals surface area contributed by atoms with Gasteiger partial charge in [0.2, 0.25) is 11.8 Å². The number of nitrogens with zero attached hydrogens (tertiary/aromatic N) is 2. The maximum atomic E-state index is 12.5. The predicted octanol–water partition coefficient (Wildman–Crippen LogP) is 1.64. The summed E-state index contributed by atoms with van der Waals surface area (Å²) in [5.41, 5.74) is 0. The maximum Gasteiger partial charge on any atom is 0.228 e. The second-order valence-corrected chi connectivity index (χ2v) is 5.80. The van der Waals surface area contributed by atoms with Crippen LogP contribution in [0, 0.1) is 5.92 Å². The smallest absolute Gasteiger partial charge is 0.228 e. The number of likely N-dealkylation sites (tertiary alicyclic amines) is 1. The summed E-state index contributed by atoms with van der Waals surface area (Å²) in [5.74, 6) is 0.235. The summed E-state index contributed by atoms with van der Waals surface area (Å²) in [6.07, 6.45) is 3.68. The molecular formula is C14H24N2O2. The van der Waals surface area contributed by atoms with Crippen molar-refractivity contribution in [1.82, 2.24) is 9.80 Å². The highest BCUT2D eigenvalue weighted by molar-refractivity contribution is 5.89. The van der Waals surface area contributed by atoms with Crippen LogP contribution in [0.5, 0.6) is 0 Å². The summed E-state index contributed by atoms with van der Waals surface area (Å²) in [6.45, 7) is 7.58. The van der Waals surface area contributed by atoms with Crippen molar-refractivity contribution in [2.75, 3.05) is 13.1 Å². The fraction of sp³-hybridized carbons (Fsp3) is 0.857. The van der Waals surface area contributed by atoms with Crippen molar-refractivity contribution in [2.24, 2.45) is 5.92 Å². The molecule has 0 aromatic carbocycles. The number of carbonyl (C=O) groups is 2. The molecule has 1 atom stereocenters. The molecule has 1 saturated carbocycles. The van der Waals surface area contributed by atoms with Crippen molar-refractivity contribution in [3.63, 3.8) is 0 Å². The third kappa shape index (κ3) is 2.68. The average molecular weight is 252 g/mol. The number of amides is 2. The van der Waals surface area contributed by atoms with Crippen molar-refractivity contribution < 1.29 is 9.59 Å². The first-order chi connectivity index (χ1) is 8.54. The second-order valence-electron chi connectivity index (χ2n) is 5.80. The summed E-state index contributed by atoms with van der Waals surface area (Å²) in [5, 5.41) is 0. The van der Waals surface area contributed by atoms with Crippen molar-refractivity contribution in [2.45, 2.75) is 58.5 Å². The molecule has 0 N–H and O–H groups in total. The molecule has 1 saturated heterocycles. The fourth-order valence-electron chi connectivity index (χ4n) is 2.73. The highest BCUT2D eigenvalue weighted by Crippen LogP contribution is 2.30. The first-order valence-electron chi connectivity index (χ1n) is 7.14. The van der Waals surface area contributed by atoms with Crippen molar-refractivity contribution in [3.05, 3.63) is 0 Å². The van der Waals surface area contributed by atoms with Gasteiger partial charge in [-0.05, 0) is 33.1 Å². The van der Waals surface area contributed by atoms with Gasteiger partial charge < -0.3 is 9.80 Å². The molecule has 18 heavy (non-hydrogen) atoms. The molecule has 0 aromatic heterocycles. The van der Waals surface area contributed by atoms with Gasteiger partial charge in [-0.3, -0.25) is 9.59 Å². The van der Waals surface area contributed by atoms with Crippen LogP contribution in [0.25, 0.3) is 0 Å². The molecule has 0 unspecified atom stereocenters. The first-order valence-corrected chi connectivity index (χ1v) is 7.14. The van der Waals surface area contributed by atoms with E-state index in [1.807, 2.05) is 23.6 Å². The Kier molecular flexibility index (Phi) is 3.93. The normalized spacial score (nSPS) is 23.9. The molecule has 2 fully saturated rings. The van der Waals surface area contributed by atoms with Crippen LogP contribution in [0.4, 0.5) is 0 Å². The standard InChI is InChI=1S/C14H24N2O2/c1-4-7-15(12-5-6-12)14(18)11-8-13(17)16(9-11)10(2)3/h10-12H,4-9H2,1-3H3/t11-/m0/s1. The Morgan fingerprint density at radius 3 is 2.56 bits per heavy atom. The average Bonchev–Trinajstić information content (AvgIpc) is 3.07. The SMILES string of the molecule is CCCN(C(=O)[C@H]1CC(=O)N(C(C)C)C1)C1CC1. The monoisotopic (exact) mass is 252 g/mol. The molecule has 4 nitrogen and oxygen atoms in total. The van der Waals surface area contributed by atoms with Crippen molar-refractivity contribution in [1.29, 1.82) is 0 Å². The van der Waals surface area contributed by atoms with Gasteiger partial charge in [-0.2, -0.15) is 0 Å². The zero-order chi connectivity index (χ0) is 13.3. The highest BCUT2D eigenvalue weighted by Gasteiger charge is 2.41. The number of hydrogen-bond donors (Lipinski definition) is 0. The van der Waals surface area contributed by atoms with Crippen LogP contribution < -0.4 is 0 Å². The van der Waals surface area contributed by atoms with Gasteiger partial charge in [0, 0.05) is 31.6 Å². The molecule has 4 heteroatoms. The van der Waals surface area contributed by atoms with E-state index in [9.17, 15) is 9.59 Å². The lowest BCUT2D eigenvalue weighted by atomic mass is 10.1. The zero-order valence-corrected chi connectivity index (χ0v) is 11.7. The van der Waals surface area contributed by atoms with Crippen molar-refractivity contribution in [3.8, 4) is 0 Å². The van der Waals surface area contributed by atoms with Crippen LogP contribution in [0.15, 0.2) is 0 Å². The molecule has 0 bridgehead atoms. The van der Waals surface area contributed by atoms with Gasteiger partial charge in [-0.25, -0.2) is 0 Å². The van der Waals surface area contributed by atoms with Crippen molar-refractivity contribution >= 4 is 11.8 Å². The van der Waals surface area contributed by atoms with E-state index in [-0.39, 0.29) is 23.8 Å². The topological polar surface area (TPSA) is 40.6 Å². The van der Waals surface area contributed by atoms with Crippen LogP contribution in [0.2, 0.25) is 0 Å². The Morgan fingerprint density at radius 1 is 1.44 bits per heavy atom. The van der Waals surface area contributed by atoms with E-state index in [4.69, 9.17) is 0 Å². The molecular weight excluding hydrogens is 228 g/mol. The molecule has 1 heterocycles. The van der Waals surface area contributed by atoms with E-state index in [2.05, 4.69) is 6.92 Å². The van der Waals surface area contributed by atoms with Gasteiger partial charge in [0.05, 0.1) is 5.92 Å². The fourth-order valence-corrected chi connectivity index (χ4v) is 2.73. The molecule has 0 aromatic rings. The number of rotatable bonds is 5.